The van der Waals surface area contributed by atoms with Crippen molar-refractivity contribution in [3.05, 3.63) is 64.2 Å². The van der Waals surface area contributed by atoms with Gasteiger partial charge in [-0.15, -0.1) is 0 Å². The Morgan fingerprint density at radius 3 is 2.03 bits per heavy atom. The number of rotatable bonds is 9. The van der Waals surface area contributed by atoms with Gasteiger partial charge >= 0.3 is 5.97 Å². The number of carbonyl (C=O) groups is 1. The van der Waals surface area contributed by atoms with Gasteiger partial charge in [-0.3, -0.25) is 4.79 Å². The van der Waals surface area contributed by atoms with E-state index in [0.717, 1.165) is 16.7 Å². The van der Waals surface area contributed by atoms with Gasteiger partial charge in [0.15, 0.2) is 0 Å². The predicted octanol–water partition coefficient (Wildman–Crippen LogP) is 4.99. The highest BCUT2D eigenvalue weighted by Gasteiger charge is 2.32. The summed E-state index contributed by atoms with van der Waals surface area (Å²) in [6, 6.07) is 11.6. The van der Waals surface area contributed by atoms with Crippen molar-refractivity contribution in [3.63, 3.8) is 0 Å². The highest BCUT2D eigenvalue weighted by molar-refractivity contribution is 7.89. The first kappa shape index (κ1) is 26.6. The lowest BCUT2D eigenvalue weighted by Crippen LogP contribution is -2.43. The van der Waals surface area contributed by atoms with E-state index in [1.807, 2.05) is 39.8 Å². The molecule has 0 aliphatic heterocycles. The average molecular weight is 471 g/mol. The molecule has 0 heterocycles. The molecule has 0 aliphatic carbocycles. The van der Waals surface area contributed by atoms with Crippen LogP contribution in [0.1, 0.15) is 87.1 Å². The van der Waals surface area contributed by atoms with Crippen molar-refractivity contribution in [2.24, 2.45) is 0 Å². The van der Waals surface area contributed by atoms with Gasteiger partial charge in [-0.2, -0.15) is 9.98 Å². The van der Waals surface area contributed by atoms with Gasteiger partial charge in [0, 0.05) is 0 Å². The molecular weight excluding hydrogens is 436 g/mol. The molecule has 6 nitrogen and oxygen atoms in total. The third kappa shape index (κ3) is 6.43. The Hall–Kier alpha value is -2.69. The summed E-state index contributed by atoms with van der Waals surface area (Å²) in [6.07, 6.45) is 0.0690. The summed E-state index contributed by atoms with van der Waals surface area (Å²) >= 11 is 0. The van der Waals surface area contributed by atoms with Crippen LogP contribution in [0, 0.1) is 11.3 Å². The fourth-order valence-electron chi connectivity index (χ4n) is 3.77. The maximum Gasteiger partial charge on any atom is 0.324 e. The molecule has 33 heavy (non-hydrogen) atoms. The normalized spacial score (nSPS) is 12.8. The predicted molar refractivity (Wildman–Crippen MR) is 130 cm³/mol. The zero-order valence-electron chi connectivity index (χ0n) is 20.5. The van der Waals surface area contributed by atoms with Crippen LogP contribution >= 0.6 is 0 Å². The summed E-state index contributed by atoms with van der Waals surface area (Å²) < 4.78 is 35.0. The molecule has 2 aromatic rings. The van der Waals surface area contributed by atoms with Crippen LogP contribution in [0.5, 0.6) is 0 Å². The standard InChI is InChI=1S/C26H34N2O4S/c1-16(2)21-13-22(17(3)4)25(23(14-21)18(5)6)33(30,31)28-24(26(29)32-7)12-19-9-8-10-20(11-19)15-27/h8-11,13-14,16-18,24,28H,12H2,1-7H3/t24-/m0/s1. The lowest BCUT2D eigenvalue weighted by Gasteiger charge is -2.24. The molecule has 0 radical (unpaired) electrons. The molecule has 0 spiro atoms. The molecule has 0 saturated carbocycles. The smallest absolute Gasteiger partial charge is 0.324 e. The van der Waals surface area contributed by atoms with Gasteiger partial charge in [0.2, 0.25) is 10.0 Å². The van der Waals surface area contributed by atoms with Gasteiger partial charge < -0.3 is 4.74 Å². The molecule has 0 saturated heterocycles. The van der Waals surface area contributed by atoms with Crippen molar-refractivity contribution < 1.29 is 17.9 Å². The van der Waals surface area contributed by atoms with Crippen LogP contribution in [0.2, 0.25) is 0 Å². The summed E-state index contributed by atoms with van der Waals surface area (Å²) in [6.45, 7) is 12.0. The molecule has 0 aliphatic rings. The summed E-state index contributed by atoms with van der Waals surface area (Å²) in [5, 5.41) is 9.16. The molecule has 0 amide bonds. The number of methoxy groups -OCH3 is 1. The molecule has 7 heteroatoms. The maximum atomic E-state index is 13.7. The van der Waals surface area contributed by atoms with E-state index in [0.29, 0.717) is 11.1 Å². The number of hydrogen-bond donors (Lipinski definition) is 1. The fraction of sp³-hybridized carbons (Fsp3) is 0.462. The third-order valence-electron chi connectivity index (χ3n) is 5.63. The molecular formula is C26H34N2O4S. The molecule has 0 fully saturated rings. The van der Waals surface area contributed by atoms with Crippen LogP contribution < -0.4 is 4.72 Å². The Kier molecular flexibility index (Phi) is 8.82. The van der Waals surface area contributed by atoms with Crippen LogP contribution in [-0.2, 0) is 26.0 Å². The van der Waals surface area contributed by atoms with E-state index in [9.17, 15) is 13.2 Å². The van der Waals surface area contributed by atoms with Gasteiger partial charge in [0.05, 0.1) is 23.6 Å². The largest absolute Gasteiger partial charge is 0.468 e. The van der Waals surface area contributed by atoms with Gasteiger partial charge in [-0.25, -0.2) is 8.42 Å². The van der Waals surface area contributed by atoms with E-state index in [1.54, 1.807) is 24.3 Å². The number of ether oxygens (including phenoxy) is 1. The van der Waals surface area contributed by atoms with E-state index < -0.39 is 22.0 Å². The first-order chi connectivity index (χ1) is 15.4. The lowest BCUT2D eigenvalue weighted by atomic mass is 9.89. The first-order valence-electron chi connectivity index (χ1n) is 11.2. The molecule has 2 rings (SSSR count). The highest BCUT2D eigenvalue weighted by Crippen LogP contribution is 2.35. The number of nitrogens with one attached hydrogen (secondary N) is 1. The molecule has 0 bridgehead atoms. The van der Waals surface area contributed by atoms with Crippen LogP contribution in [-0.4, -0.2) is 27.5 Å². The SMILES string of the molecule is COC(=O)[C@H](Cc1cccc(C#N)c1)NS(=O)(=O)c1c(C(C)C)cc(C(C)C)cc1C(C)C. The number of nitrogens with zero attached hydrogens (tertiary/aromatic N) is 1. The summed E-state index contributed by atoms with van der Waals surface area (Å²) in [4.78, 5) is 12.8. The van der Waals surface area contributed by atoms with E-state index in [1.165, 1.54) is 7.11 Å². The second kappa shape index (κ2) is 11.0. The Balaban J connectivity index is 2.60. The second-order valence-corrected chi connectivity index (χ2v) is 10.9. The van der Waals surface area contributed by atoms with Gasteiger partial charge in [0.1, 0.15) is 6.04 Å². The van der Waals surface area contributed by atoms with Gasteiger partial charge in [0.25, 0.3) is 0 Å². The van der Waals surface area contributed by atoms with Gasteiger partial charge in [-0.1, -0.05) is 65.8 Å². The minimum absolute atomic E-state index is 0.0309. The number of nitriles is 1. The number of sulfonamides is 1. The van der Waals surface area contributed by atoms with E-state index in [-0.39, 0.29) is 29.1 Å². The molecule has 0 unspecified atom stereocenters. The first-order valence-corrected chi connectivity index (χ1v) is 12.7. The Morgan fingerprint density at radius 2 is 1.58 bits per heavy atom. The molecule has 2 aromatic carbocycles. The van der Waals surface area contributed by atoms with Crippen molar-refractivity contribution in [1.82, 2.24) is 4.72 Å². The van der Waals surface area contributed by atoms with E-state index >= 15 is 0 Å². The average Bonchev–Trinajstić information content (AvgIpc) is 2.76. The Bertz CT molecular complexity index is 1120. The minimum atomic E-state index is -4.06. The number of carbonyl (C=O) groups excluding carboxylic acids is 1. The summed E-state index contributed by atoms with van der Waals surface area (Å²) in [5.41, 5.74) is 3.64. The van der Waals surface area contributed by atoms with Crippen LogP contribution in [0.15, 0.2) is 41.3 Å². The van der Waals surface area contributed by atoms with Crippen LogP contribution in [0.25, 0.3) is 0 Å². The zero-order valence-corrected chi connectivity index (χ0v) is 21.3. The Morgan fingerprint density at radius 1 is 1.00 bits per heavy atom. The molecule has 178 valence electrons. The maximum absolute atomic E-state index is 13.7. The Labute approximate surface area is 198 Å². The molecule has 0 aromatic heterocycles. The van der Waals surface area contributed by atoms with Crippen molar-refractivity contribution >= 4 is 16.0 Å². The summed E-state index contributed by atoms with van der Waals surface area (Å²) in [5.74, 6) is -0.495. The van der Waals surface area contributed by atoms with Crippen molar-refractivity contribution in [2.45, 2.75) is 76.7 Å². The zero-order chi connectivity index (χ0) is 24.9. The number of benzene rings is 2. The van der Waals surface area contributed by atoms with E-state index in [2.05, 4.69) is 24.6 Å². The van der Waals surface area contributed by atoms with Crippen molar-refractivity contribution in [3.8, 4) is 6.07 Å². The van der Waals surface area contributed by atoms with Crippen molar-refractivity contribution in [2.75, 3.05) is 7.11 Å². The number of esters is 1. The monoisotopic (exact) mass is 470 g/mol. The van der Waals surface area contributed by atoms with E-state index in [4.69, 9.17) is 10.00 Å². The third-order valence-corrected chi connectivity index (χ3v) is 7.23. The topological polar surface area (TPSA) is 96.3 Å². The fourth-order valence-corrected chi connectivity index (χ4v) is 5.65. The van der Waals surface area contributed by atoms with Crippen LogP contribution in [0.3, 0.4) is 0 Å². The lowest BCUT2D eigenvalue weighted by molar-refractivity contribution is -0.142. The minimum Gasteiger partial charge on any atom is -0.468 e. The summed E-state index contributed by atoms with van der Waals surface area (Å²) in [7, 11) is -2.83. The van der Waals surface area contributed by atoms with Crippen LogP contribution in [0.4, 0.5) is 0 Å². The van der Waals surface area contributed by atoms with Crippen molar-refractivity contribution in [1.29, 1.82) is 5.26 Å². The molecule has 1 N–H and O–H groups in total. The quantitative estimate of drug-likeness (QED) is 0.521. The highest BCUT2D eigenvalue weighted by atomic mass is 32.2. The number of hydrogen-bond acceptors (Lipinski definition) is 5. The molecule has 1 atom stereocenters. The van der Waals surface area contributed by atoms with Gasteiger partial charge in [-0.05, 0) is 58.6 Å². The second-order valence-electron chi connectivity index (χ2n) is 9.21.